The van der Waals surface area contributed by atoms with Crippen LogP contribution < -0.4 is 4.90 Å². The van der Waals surface area contributed by atoms with Crippen LogP contribution in [0.2, 0.25) is 0 Å². The van der Waals surface area contributed by atoms with Crippen molar-refractivity contribution in [3.05, 3.63) is 40.8 Å². The molecule has 1 aromatic heterocycles. The summed E-state index contributed by atoms with van der Waals surface area (Å²) >= 11 is 2.76. The molecule has 0 spiro atoms. The summed E-state index contributed by atoms with van der Waals surface area (Å²) in [5.41, 5.74) is 7.70. The molecule has 0 bridgehead atoms. The molecule has 5 nitrogen and oxygen atoms in total. The molecule has 1 radical (unpaired) electrons. The Kier molecular flexibility index (Phi) is 6.87. The zero-order valence-corrected chi connectivity index (χ0v) is 18.7. The van der Waals surface area contributed by atoms with Crippen LogP contribution in [0.4, 0.5) is 14.9 Å². The number of thiazole rings is 1. The fourth-order valence-electron chi connectivity index (χ4n) is 2.05. The first kappa shape index (κ1) is 19.1. The van der Waals surface area contributed by atoms with E-state index in [1.54, 1.807) is 18.3 Å². The van der Waals surface area contributed by atoms with Gasteiger partial charge in [0.2, 0.25) is 0 Å². The van der Waals surface area contributed by atoms with Crippen molar-refractivity contribution in [1.29, 1.82) is 0 Å². The van der Waals surface area contributed by atoms with Gasteiger partial charge < -0.3 is 10.5 Å². The maximum Gasteiger partial charge on any atom is 0.414 e. The van der Waals surface area contributed by atoms with E-state index in [0.29, 0.717) is 10.6 Å². The third kappa shape index (κ3) is 4.46. The molecule has 2 heterocycles. The average molecular weight is 565 g/mol. The summed E-state index contributed by atoms with van der Waals surface area (Å²) in [6, 6.07) is 4.63. The SMILES string of the molecule is Cc1cnc(Sc2ccc(N3C[C@H](C[NH-])OC3=O)cc2F)s1.[Ac]. The van der Waals surface area contributed by atoms with Crippen LogP contribution in [0.25, 0.3) is 5.73 Å². The molecule has 1 amide bonds. The number of hydrogen-bond acceptors (Lipinski definition) is 5. The summed E-state index contributed by atoms with van der Waals surface area (Å²) < 4.78 is 20.0. The van der Waals surface area contributed by atoms with Crippen LogP contribution in [0.3, 0.4) is 0 Å². The fraction of sp³-hybridized carbons (Fsp3) is 0.286. The van der Waals surface area contributed by atoms with Gasteiger partial charge in [-0.2, -0.15) is 0 Å². The Balaban J connectivity index is 0.00000192. The summed E-state index contributed by atoms with van der Waals surface area (Å²) in [4.78, 5) is 18.8. The van der Waals surface area contributed by atoms with Crippen LogP contribution in [0.5, 0.6) is 0 Å². The predicted octanol–water partition coefficient (Wildman–Crippen LogP) is 4.12. The molecule has 23 heavy (non-hydrogen) atoms. The van der Waals surface area contributed by atoms with E-state index in [4.69, 9.17) is 10.5 Å². The number of carbonyl (C=O) groups excluding carboxylic acids is 1. The van der Waals surface area contributed by atoms with Crippen LogP contribution in [-0.4, -0.2) is 30.3 Å². The van der Waals surface area contributed by atoms with Crippen molar-refractivity contribution < 1.29 is 58.0 Å². The molecule has 1 aromatic carbocycles. The second-order valence-corrected chi connectivity index (χ2v) is 7.30. The summed E-state index contributed by atoms with van der Waals surface area (Å²) in [5.74, 6) is -0.405. The minimum atomic E-state index is -0.535. The Morgan fingerprint density at radius 2 is 2.35 bits per heavy atom. The molecule has 1 saturated heterocycles. The Hall–Kier alpha value is -0.198. The number of benzene rings is 1. The number of nitrogens with one attached hydrogen (secondary N) is 1. The van der Waals surface area contributed by atoms with Crippen molar-refractivity contribution in [2.45, 2.75) is 22.3 Å². The maximum absolute atomic E-state index is 14.2. The number of nitrogens with zero attached hydrogens (tertiary/aromatic N) is 2. The fourth-order valence-corrected chi connectivity index (χ4v) is 3.96. The van der Waals surface area contributed by atoms with Gasteiger partial charge >= 0.3 is 6.09 Å². The predicted molar refractivity (Wildman–Crippen MR) is 84.2 cm³/mol. The molecular formula is C14H13AcFN3O2S2-. The normalized spacial score (nSPS) is 17.1. The Morgan fingerprint density at radius 3 is 2.91 bits per heavy atom. The minimum absolute atomic E-state index is 0. The van der Waals surface area contributed by atoms with Crippen LogP contribution in [0.15, 0.2) is 33.6 Å². The van der Waals surface area contributed by atoms with E-state index in [1.807, 2.05) is 6.92 Å². The summed E-state index contributed by atoms with van der Waals surface area (Å²) in [5, 5.41) is 0. The van der Waals surface area contributed by atoms with E-state index < -0.39 is 18.0 Å². The number of aromatic nitrogens is 1. The van der Waals surface area contributed by atoms with Crippen molar-refractivity contribution in [2.24, 2.45) is 0 Å². The van der Waals surface area contributed by atoms with Gasteiger partial charge in [0.25, 0.3) is 0 Å². The number of amides is 1. The number of anilines is 1. The smallest absolute Gasteiger partial charge is 0.414 e. The molecule has 1 atom stereocenters. The number of halogens is 1. The number of cyclic esters (lactones) is 1. The minimum Gasteiger partial charge on any atom is -0.674 e. The number of ether oxygens (including phenoxy) is 1. The molecule has 3 rings (SSSR count). The van der Waals surface area contributed by atoms with Gasteiger partial charge in [0.05, 0.1) is 17.1 Å². The van der Waals surface area contributed by atoms with Crippen molar-refractivity contribution in [3.63, 3.8) is 0 Å². The van der Waals surface area contributed by atoms with E-state index in [-0.39, 0.29) is 57.2 Å². The number of aryl methyl sites for hydroxylation is 1. The van der Waals surface area contributed by atoms with E-state index in [1.165, 1.54) is 34.1 Å². The monoisotopic (exact) mass is 565 g/mol. The van der Waals surface area contributed by atoms with Crippen LogP contribution in [0, 0.1) is 56.8 Å². The first-order valence-electron chi connectivity index (χ1n) is 6.59. The first-order chi connectivity index (χ1) is 10.6. The largest absolute Gasteiger partial charge is 0.674 e. The molecule has 9 heteroatoms. The molecule has 0 unspecified atom stereocenters. The number of hydrogen-bond donors (Lipinski definition) is 0. The van der Waals surface area contributed by atoms with Crippen molar-refractivity contribution in [1.82, 2.24) is 4.98 Å². The molecule has 0 aliphatic carbocycles. The van der Waals surface area contributed by atoms with Crippen molar-refractivity contribution >= 4 is 34.9 Å². The molecule has 119 valence electrons. The third-order valence-corrected chi connectivity index (χ3v) is 5.16. The van der Waals surface area contributed by atoms with Gasteiger partial charge in [0, 0.05) is 55.1 Å². The third-order valence-electron chi connectivity index (χ3n) is 3.13. The summed E-state index contributed by atoms with van der Waals surface area (Å²) in [6.07, 6.45) is 0.760. The van der Waals surface area contributed by atoms with E-state index in [2.05, 4.69) is 4.98 Å². The van der Waals surface area contributed by atoms with Gasteiger partial charge in [-0.1, -0.05) is 11.8 Å². The zero-order chi connectivity index (χ0) is 15.7. The van der Waals surface area contributed by atoms with Gasteiger partial charge in [-0.15, -0.1) is 17.9 Å². The second-order valence-electron chi connectivity index (χ2n) is 4.77. The van der Waals surface area contributed by atoms with Gasteiger partial charge in [-0.3, -0.25) is 4.90 Å². The quantitative estimate of drug-likeness (QED) is 0.560. The van der Waals surface area contributed by atoms with Crippen molar-refractivity contribution in [2.75, 3.05) is 18.0 Å². The maximum atomic E-state index is 14.2. The summed E-state index contributed by atoms with van der Waals surface area (Å²) in [6.45, 7) is 2.23. The molecule has 1 aliphatic heterocycles. The number of rotatable bonds is 4. The topological polar surface area (TPSA) is 66.2 Å². The Morgan fingerprint density at radius 1 is 1.57 bits per heavy atom. The molecule has 1 aliphatic rings. The molecule has 1 fully saturated rings. The van der Waals surface area contributed by atoms with Gasteiger partial charge in [0.1, 0.15) is 11.9 Å². The van der Waals surface area contributed by atoms with E-state index in [0.717, 1.165) is 9.22 Å². The van der Waals surface area contributed by atoms with Gasteiger partial charge in [-0.25, -0.2) is 14.2 Å². The van der Waals surface area contributed by atoms with Gasteiger partial charge in [0.15, 0.2) is 4.34 Å². The Bertz CT molecular complexity index is 713. The summed E-state index contributed by atoms with van der Waals surface area (Å²) in [7, 11) is 0. The zero-order valence-electron chi connectivity index (χ0n) is 12.3. The number of carbonyl (C=O) groups is 1. The molecule has 1 N–H and O–H groups in total. The Labute approximate surface area is 177 Å². The second kappa shape index (κ2) is 8.26. The van der Waals surface area contributed by atoms with Crippen LogP contribution >= 0.6 is 23.1 Å². The van der Waals surface area contributed by atoms with E-state index in [9.17, 15) is 9.18 Å². The molecular weight excluding hydrogens is 552 g/mol. The molecule has 0 saturated carbocycles. The van der Waals surface area contributed by atoms with Crippen LogP contribution in [0.1, 0.15) is 4.88 Å². The molecule has 2 aromatic rings. The standard InChI is InChI=1S/C14H13FN3O2S2.Ac/c1-8-6-17-13(21-8)22-12-3-2-9(4-11(12)15)18-7-10(5-16)20-14(18)19;/h2-4,6,10,16H,5,7H2,1H3;/q-1;/t10-;/m0./s1. The van der Waals surface area contributed by atoms with E-state index >= 15 is 0 Å². The average Bonchev–Trinajstić information content (AvgIpc) is 3.07. The first-order valence-corrected chi connectivity index (χ1v) is 8.22. The van der Waals surface area contributed by atoms with Gasteiger partial charge in [-0.05, 0) is 25.1 Å². The van der Waals surface area contributed by atoms with Crippen molar-refractivity contribution in [3.8, 4) is 0 Å². The van der Waals surface area contributed by atoms with Crippen LogP contribution in [-0.2, 0) is 4.74 Å².